The van der Waals surface area contributed by atoms with Crippen LogP contribution in [0, 0.1) is 0 Å². The van der Waals surface area contributed by atoms with Crippen LogP contribution in [0.5, 0.6) is 0 Å². The zero-order valence-corrected chi connectivity index (χ0v) is 17.6. The minimum atomic E-state index is -3.75. The first-order valence-electron chi connectivity index (χ1n) is 9.49. The van der Waals surface area contributed by atoms with Crippen LogP contribution in [-0.4, -0.2) is 31.2 Å². The van der Waals surface area contributed by atoms with Crippen molar-refractivity contribution in [1.29, 1.82) is 0 Å². The Morgan fingerprint density at radius 1 is 1.18 bits per heavy atom. The predicted octanol–water partition coefficient (Wildman–Crippen LogP) is 3.93. The maximum absolute atomic E-state index is 13.0. The van der Waals surface area contributed by atoms with Crippen molar-refractivity contribution >= 4 is 27.5 Å². The molecule has 1 N–H and O–H groups in total. The van der Waals surface area contributed by atoms with E-state index in [0.29, 0.717) is 24.4 Å². The molecule has 0 saturated carbocycles. The minimum absolute atomic E-state index is 0.153. The molecule has 0 aromatic heterocycles. The van der Waals surface area contributed by atoms with Gasteiger partial charge in [0, 0.05) is 11.6 Å². The van der Waals surface area contributed by atoms with Gasteiger partial charge in [-0.15, -0.1) is 0 Å². The number of rotatable bonds is 6. The van der Waals surface area contributed by atoms with Crippen molar-refractivity contribution in [1.82, 2.24) is 9.62 Å². The highest BCUT2D eigenvalue weighted by atomic mass is 35.5. The van der Waals surface area contributed by atoms with Crippen molar-refractivity contribution in [2.75, 3.05) is 6.54 Å². The number of halogens is 1. The van der Waals surface area contributed by atoms with Crippen molar-refractivity contribution in [3.8, 4) is 0 Å². The molecule has 1 aliphatic rings. The smallest absolute Gasteiger partial charge is 0.243 e. The van der Waals surface area contributed by atoms with E-state index < -0.39 is 16.1 Å². The Labute approximate surface area is 171 Å². The zero-order chi connectivity index (χ0) is 20.3. The van der Waals surface area contributed by atoms with Crippen molar-refractivity contribution in [3.05, 3.63) is 64.7 Å². The van der Waals surface area contributed by atoms with Crippen LogP contribution in [-0.2, 0) is 21.2 Å². The molecule has 2 atom stereocenters. The number of carbonyl (C=O) groups excluding carboxylic acids is 1. The van der Waals surface area contributed by atoms with Crippen LogP contribution in [0.25, 0.3) is 0 Å². The van der Waals surface area contributed by atoms with Crippen molar-refractivity contribution < 1.29 is 13.2 Å². The average Bonchev–Trinajstić information content (AvgIpc) is 3.19. The average molecular weight is 421 g/mol. The van der Waals surface area contributed by atoms with E-state index in [9.17, 15) is 13.2 Å². The molecule has 28 heavy (non-hydrogen) atoms. The molecule has 2 aromatic rings. The lowest BCUT2D eigenvalue weighted by Crippen LogP contribution is -2.46. The predicted molar refractivity (Wildman–Crippen MR) is 111 cm³/mol. The minimum Gasteiger partial charge on any atom is -0.348 e. The van der Waals surface area contributed by atoms with E-state index in [-0.39, 0.29) is 16.8 Å². The van der Waals surface area contributed by atoms with Crippen LogP contribution < -0.4 is 5.32 Å². The molecule has 150 valence electrons. The Bertz CT molecular complexity index is 927. The van der Waals surface area contributed by atoms with E-state index in [1.54, 1.807) is 12.1 Å². The van der Waals surface area contributed by atoms with Gasteiger partial charge in [0.2, 0.25) is 15.9 Å². The van der Waals surface area contributed by atoms with E-state index in [2.05, 4.69) is 12.2 Å². The highest BCUT2D eigenvalue weighted by Gasteiger charge is 2.39. The fraction of sp³-hybridized carbons (Fsp3) is 0.381. The Balaban J connectivity index is 1.74. The molecule has 7 heteroatoms. The van der Waals surface area contributed by atoms with Gasteiger partial charge in [0.1, 0.15) is 6.04 Å². The molecular formula is C21H25ClN2O3S. The molecule has 3 rings (SSSR count). The monoisotopic (exact) mass is 420 g/mol. The maximum atomic E-state index is 13.0. The van der Waals surface area contributed by atoms with Gasteiger partial charge >= 0.3 is 0 Å². The van der Waals surface area contributed by atoms with E-state index in [4.69, 9.17) is 11.6 Å². The molecule has 0 spiro atoms. The summed E-state index contributed by atoms with van der Waals surface area (Å²) >= 11 is 5.86. The number of aryl methyl sites for hydroxylation is 1. The Kier molecular flexibility index (Phi) is 6.43. The number of nitrogens with zero attached hydrogens (tertiary/aromatic N) is 1. The maximum Gasteiger partial charge on any atom is 0.243 e. The second-order valence-electron chi connectivity index (χ2n) is 7.05. The molecule has 1 aliphatic heterocycles. The first-order valence-corrected chi connectivity index (χ1v) is 11.3. The van der Waals surface area contributed by atoms with Crippen LogP contribution in [0.1, 0.15) is 43.9 Å². The van der Waals surface area contributed by atoms with Gasteiger partial charge in [-0.25, -0.2) is 8.42 Å². The van der Waals surface area contributed by atoms with Gasteiger partial charge in [-0.3, -0.25) is 4.79 Å². The highest BCUT2D eigenvalue weighted by molar-refractivity contribution is 7.89. The Morgan fingerprint density at radius 2 is 1.82 bits per heavy atom. The molecule has 1 fully saturated rings. The van der Waals surface area contributed by atoms with Crippen LogP contribution in [0.4, 0.5) is 0 Å². The van der Waals surface area contributed by atoms with Crippen molar-refractivity contribution in [2.45, 2.75) is 50.1 Å². The van der Waals surface area contributed by atoms with Gasteiger partial charge in [-0.2, -0.15) is 4.31 Å². The number of amides is 1. The summed E-state index contributed by atoms with van der Waals surface area (Å²) < 4.78 is 27.3. The summed E-state index contributed by atoms with van der Waals surface area (Å²) in [5.41, 5.74) is 2.23. The highest BCUT2D eigenvalue weighted by Crippen LogP contribution is 2.27. The largest absolute Gasteiger partial charge is 0.348 e. The number of hydrogen-bond acceptors (Lipinski definition) is 3. The number of sulfonamides is 1. The summed E-state index contributed by atoms with van der Waals surface area (Å²) in [5, 5.41) is 3.44. The number of benzene rings is 2. The summed E-state index contributed by atoms with van der Waals surface area (Å²) in [6, 6.07) is 13.2. The van der Waals surface area contributed by atoms with Crippen LogP contribution >= 0.6 is 11.6 Å². The van der Waals surface area contributed by atoms with Gasteiger partial charge in [0.15, 0.2) is 0 Å². The summed E-state index contributed by atoms with van der Waals surface area (Å²) in [6.45, 7) is 4.34. The topological polar surface area (TPSA) is 66.5 Å². The number of hydrogen-bond donors (Lipinski definition) is 1. The SMILES string of the molecule is CCc1ccc([C@H](C)NC(=O)[C@@H]2CCCN2S(=O)(=O)c2ccc(Cl)cc2)cc1. The molecule has 1 heterocycles. The Hall–Kier alpha value is -1.89. The fourth-order valence-corrected chi connectivity index (χ4v) is 5.25. The van der Waals surface area contributed by atoms with Crippen LogP contribution in [0.2, 0.25) is 5.02 Å². The lowest BCUT2D eigenvalue weighted by molar-refractivity contribution is -0.124. The number of nitrogens with one attached hydrogen (secondary N) is 1. The van der Waals surface area contributed by atoms with Gasteiger partial charge < -0.3 is 5.32 Å². The standard InChI is InChI=1S/C21H25ClN2O3S/c1-3-16-6-8-17(9-7-16)15(2)23-21(25)20-5-4-14-24(20)28(26,27)19-12-10-18(22)11-13-19/h6-13,15,20H,3-5,14H2,1-2H3,(H,23,25)/t15-,20-/m0/s1. The van der Waals surface area contributed by atoms with Crippen molar-refractivity contribution in [2.24, 2.45) is 0 Å². The normalized spacial score (nSPS) is 18.8. The first kappa shape index (κ1) is 20.8. The fourth-order valence-electron chi connectivity index (χ4n) is 3.47. The molecule has 0 radical (unpaired) electrons. The second-order valence-corrected chi connectivity index (χ2v) is 9.38. The molecule has 5 nitrogen and oxygen atoms in total. The molecule has 0 aliphatic carbocycles. The third-order valence-corrected chi connectivity index (χ3v) is 7.35. The van der Waals surface area contributed by atoms with Crippen LogP contribution in [0.3, 0.4) is 0 Å². The Morgan fingerprint density at radius 3 is 2.43 bits per heavy atom. The van der Waals surface area contributed by atoms with Gasteiger partial charge in [-0.05, 0) is 61.6 Å². The molecular weight excluding hydrogens is 396 g/mol. The zero-order valence-electron chi connectivity index (χ0n) is 16.1. The quantitative estimate of drug-likeness (QED) is 0.769. The molecule has 2 aromatic carbocycles. The molecule has 1 saturated heterocycles. The van der Waals surface area contributed by atoms with Gasteiger partial charge in [0.25, 0.3) is 0 Å². The second kappa shape index (κ2) is 8.64. The lowest BCUT2D eigenvalue weighted by atomic mass is 10.0. The van der Waals surface area contributed by atoms with Gasteiger partial charge in [-0.1, -0.05) is 42.8 Å². The summed E-state index contributed by atoms with van der Waals surface area (Å²) in [4.78, 5) is 13.0. The van der Waals surface area contributed by atoms with E-state index in [1.807, 2.05) is 31.2 Å². The van der Waals surface area contributed by atoms with E-state index in [1.165, 1.54) is 22.0 Å². The molecule has 0 unspecified atom stereocenters. The summed E-state index contributed by atoms with van der Waals surface area (Å²) in [7, 11) is -3.75. The van der Waals surface area contributed by atoms with E-state index in [0.717, 1.165) is 12.0 Å². The van der Waals surface area contributed by atoms with Gasteiger partial charge in [0.05, 0.1) is 10.9 Å². The number of carbonyl (C=O) groups is 1. The molecule has 0 bridgehead atoms. The summed E-state index contributed by atoms with van der Waals surface area (Å²) in [6.07, 6.45) is 2.13. The third-order valence-electron chi connectivity index (χ3n) is 5.17. The third kappa shape index (κ3) is 4.40. The molecule has 1 amide bonds. The first-order chi connectivity index (χ1) is 13.3. The van der Waals surface area contributed by atoms with E-state index >= 15 is 0 Å². The van der Waals surface area contributed by atoms with Crippen molar-refractivity contribution in [3.63, 3.8) is 0 Å². The van der Waals surface area contributed by atoms with Crippen LogP contribution in [0.15, 0.2) is 53.4 Å². The lowest BCUT2D eigenvalue weighted by Gasteiger charge is -2.25. The summed E-state index contributed by atoms with van der Waals surface area (Å²) in [5.74, 6) is -0.262.